The predicted octanol–water partition coefficient (Wildman–Crippen LogP) is 2.17. The molecule has 0 aliphatic rings. The van der Waals surface area contributed by atoms with Crippen molar-refractivity contribution in [3.05, 3.63) is 35.5 Å². The minimum absolute atomic E-state index is 0.305. The Kier molecular flexibility index (Phi) is 4.40. The number of hydrogen-bond donors (Lipinski definition) is 4. The van der Waals surface area contributed by atoms with Crippen molar-refractivity contribution in [2.75, 3.05) is 0 Å². The van der Waals surface area contributed by atoms with E-state index < -0.39 is 11.6 Å². The Balaban J connectivity index is 2.28. The quantitative estimate of drug-likeness (QED) is 0.656. The van der Waals surface area contributed by atoms with Crippen molar-refractivity contribution in [1.82, 2.24) is 10.3 Å². The van der Waals surface area contributed by atoms with E-state index in [0.29, 0.717) is 19.3 Å². The third-order valence-corrected chi connectivity index (χ3v) is 3.61. The van der Waals surface area contributed by atoms with Crippen molar-refractivity contribution in [2.24, 2.45) is 5.73 Å². The van der Waals surface area contributed by atoms with Gasteiger partial charge in [0.05, 0.1) is 0 Å². The number of primary amides is 1. The zero-order valence-corrected chi connectivity index (χ0v) is 12.8. The monoisotopic (exact) mass is 303 g/mol. The molecule has 0 fully saturated rings. The molecule has 0 radical (unpaired) electrons. The van der Waals surface area contributed by atoms with Crippen molar-refractivity contribution in [2.45, 2.75) is 38.6 Å². The van der Waals surface area contributed by atoms with Gasteiger partial charge in [-0.1, -0.05) is 18.2 Å². The molecular formula is C16H21N3O3. The molecule has 0 aliphatic heterocycles. The van der Waals surface area contributed by atoms with Crippen LogP contribution in [0.25, 0.3) is 10.9 Å². The maximum absolute atomic E-state index is 11.0. The molecule has 0 aliphatic carbocycles. The van der Waals surface area contributed by atoms with Crippen molar-refractivity contribution in [3.63, 3.8) is 0 Å². The highest BCUT2D eigenvalue weighted by Gasteiger charge is 2.22. The lowest BCUT2D eigenvalue weighted by Crippen LogP contribution is -2.44. The molecule has 2 aromatic rings. The van der Waals surface area contributed by atoms with Crippen LogP contribution in [0.5, 0.6) is 0 Å². The topological polar surface area (TPSA) is 108 Å². The number of para-hydroxylation sites is 1. The summed E-state index contributed by atoms with van der Waals surface area (Å²) in [6.07, 6.45) is 2.32. The summed E-state index contributed by atoms with van der Waals surface area (Å²) >= 11 is 0. The number of fused-ring (bicyclic) bond motifs is 1. The van der Waals surface area contributed by atoms with E-state index in [1.54, 1.807) is 0 Å². The number of amides is 2. The zero-order chi connectivity index (χ0) is 16.3. The number of carbonyl (C=O) groups excluding carboxylic acids is 1. The summed E-state index contributed by atoms with van der Waals surface area (Å²) in [5.74, 6) is -0.324. The number of carbonyl (C=O) groups is 2. The van der Waals surface area contributed by atoms with E-state index in [0.717, 1.165) is 22.0 Å². The highest BCUT2D eigenvalue weighted by Crippen LogP contribution is 2.25. The van der Waals surface area contributed by atoms with Gasteiger partial charge in [-0.05, 0) is 37.8 Å². The molecule has 0 saturated heterocycles. The number of aryl methyl sites for hydroxylation is 1. The van der Waals surface area contributed by atoms with Gasteiger partial charge in [0, 0.05) is 29.1 Å². The van der Waals surface area contributed by atoms with E-state index in [2.05, 4.69) is 10.3 Å². The van der Waals surface area contributed by atoms with Gasteiger partial charge in [0.1, 0.15) is 0 Å². The Morgan fingerprint density at radius 2 is 2.05 bits per heavy atom. The van der Waals surface area contributed by atoms with Crippen LogP contribution in [0.3, 0.4) is 0 Å². The summed E-state index contributed by atoms with van der Waals surface area (Å²) in [6, 6.07) is 5.89. The summed E-state index contributed by atoms with van der Waals surface area (Å²) in [5, 5.41) is 12.5. The highest BCUT2D eigenvalue weighted by molar-refractivity contribution is 5.86. The molecule has 118 valence electrons. The lowest BCUT2D eigenvalue weighted by atomic mass is 9.94. The van der Waals surface area contributed by atoms with Crippen LogP contribution in [0.2, 0.25) is 0 Å². The molecule has 2 amide bonds. The SMILES string of the molecule is CC(C)(Cc1c[nH]c2c(CCC(N)=O)cccc12)NC(=O)O. The molecule has 0 spiro atoms. The van der Waals surface area contributed by atoms with E-state index >= 15 is 0 Å². The first-order valence-electron chi connectivity index (χ1n) is 7.16. The Hall–Kier alpha value is -2.50. The maximum atomic E-state index is 11.0. The van der Waals surface area contributed by atoms with E-state index in [-0.39, 0.29) is 5.91 Å². The average Bonchev–Trinajstić information content (AvgIpc) is 2.78. The Bertz CT molecular complexity index is 704. The highest BCUT2D eigenvalue weighted by atomic mass is 16.4. The first-order valence-corrected chi connectivity index (χ1v) is 7.16. The van der Waals surface area contributed by atoms with Crippen LogP contribution in [0.15, 0.2) is 24.4 Å². The van der Waals surface area contributed by atoms with Gasteiger partial charge < -0.3 is 21.1 Å². The lowest BCUT2D eigenvalue weighted by Gasteiger charge is -2.24. The number of H-pyrrole nitrogens is 1. The normalized spacial score (nSPS) is 11.5. The Morgan fingerprint density at radius 3 is 2.68 bits per heavy atom. The van der Waals surface area contributed by atoms with Crippen LogP contribution in [0.1, 0.15) is 31.4 Å². The third kappa shape index (κ3) is 3.78. The standard InChI is InChI=1S/C16H21N3O3/c1-16(2,19-15(21)22)8-11-9-18-14-10(6-7-13(17)20)4-3-5-12(11)14/h3-5,9,18-19H,6-8H2,1-2H3,(H2,17,20)(H,21,22). The molecule has 1 heterocycles. The fraction of sp³-hybridized carbons (Fsp3) is 0.375. The van der Waals surface area contributed by atoms with Gasteiger partial charge in [-0.25, -0.2) is 4.79 Å². The molecule has 0 unspecified atom stereocenters. The van der Waals surface area contributed by atoms with Gasteiger partial charge in [0.25, 0.3) is 0 Å². The number of hydrogen-bond acceptors (Lipinski definition) is 2. The predicted molar refractivity (Wildman–Crippen MR) is 84.8 cm³/mol. The fourth-order valence-electron chi connectivity index (χ4n) is 2.70. The number of benzene rings is 1. The van der Waals surface area contributed by atoms with Gasteiger partial charge in [-0.2, -0.15) is 0 Å². The van der Waals surface area contributed by atoms with Gasteiger partial charge in [-0.15, -0.1) is 0 Å². The first-order chi connectivity index (χ1) is 10.3. The molecule has 6 heteroatoms. The third-order valence-electron chi connectivity index (χ3n) is 3.61. The van der Waals surface area contributed by atoms with Crippen molar-refractivity contribution < 1.29 is 14.7 Å². The largest absolute Gasteiger partial charge is 0.465 e. The van der Waals surface area contributed by atoms with Gasteiger partial charge >= 0.3 is 6.09 Å². The molecule has 1 aromatic heterocycles. The number of aromatic nitrogens is 1. The average molecular weight is 303 g/mol. The molecule has 22 heavy (non-hydrogen) atoms. The van der Waals surface area contributed by atoms with Crippen molar-refractivity contribution in [1.29, 1.82) is 0 Å². The van der Waals surface area contributed by atoms with Gasteiger partial charge in [0.15, 0.2) is 0 Å². The van der Waals surface area contributed by atoms with Crippen LogP contribution in [-0.4, -0.2) is 27.6 Å². The Morgan fingerprint density at radius 1 is 1.32 bits per heavy atom. The second-order valence-corrected chi connectivity index (χ2v) is 6.11. The van der Waals surface area contributed by atoms with Crippen LogP contribution in [-0.2, 0) is 17.6 Å². The van der Waals surface area contributed by atoms with Crippen LogP contribution >= 0.6 is 0 Å². The van der Waals surface area contributed by atoms with Crippen LogP contribution in [0, 0.1) is 0 Å². The van der Waals surface area contributed by atoms with Crippen molar-refractivity contribution in [3.8, 4) is 0 Å². The summed E-state index contributed by atoms with van der Waals surface area (Å²) < 4.78 is 0. The van der Waals surface area contributed by atoms with E-state index in [9.17, 15) is 9.59 Å². The van der Waals surface area contributed by atoms with Crippen LogP contribution in [0.4, 0.5) is 4.79 Å². The number of nitrogens with two attached hydrogens (primary N) is 1. The summed E-state index contributed by atoms with van der Waals surface area (Å²) in [4.78, 5) is 25.0. The molecule has 2 rings (SSSR count). The molecule has 0 bridgehead atoms. The second-order valence-electron chi connectivity index (χ2n) is 6.11. The molecule has 0 atom stereocenters. The number of aromatic amines is 1. The van der Waals surface area contributed by atoms with Gasteiger partial charge in [0.2, 0.25) is 5.91 Å². The van der Waals surface area contributed by atoms with E-state index in [1.807, 2.05) is 38.2 Å². The first kappa shape index (κ1) is 15.9. The minimum Gasteiger partial charge on any atom is -0.465 e. The summed E-state index contributed by atoms with van der Waals surface area (Å²) in [5.41, 5.74) is 7.69. The second kappa shape index (κ2) is 6.09. The lowest BCUT2D eigenvalue weighted by molar-refractivity contribution is -0.117. The molecular weight excluding hydrogens is 282 g/mol. The molecule has 0 saturated carbocycles. The minimum atomic E-state index is -1.04. The number of carboxylic acid groups (broad SMARTS) is 1. The number of rotatable bonds is 6. The summed E-state index contributed by atoms with van der Waals surface area (Å²) in [6.45, 7) is 3.69. The Labute approximate surface area is 128 Å². The molecule has 6 nitrogen and oxygen atoms in total. The fourth-order valence-corrected chi connectivity index (χ4v) is 2.70. The van der Waals surface area contributed by atoms with E-state index in [1.165, 1.54) is 0 Å². The van der Waals surface area contributed by atoms with Gasteiger partial charge in [-0.3, -0.25) is 4.79 Å². The zero-order valence-electron chi connectivity index (χ0n) is 12.8. The van der Waals surface area contributed by atoms with E-state index in [4.69, 9.17) is 10.8 Å². The smallest absolute Gasteiger partial charge is 0.405 e. The molecule has 5 N–H and O–H groups in total. The van der Waals surface area contributed by atoms with Crippen LogP contribution < -0.4 is 11.1 Å². The summed E-state index contributed by atoms with van der Waals surface area (Å²) in [7, 11) is 0. The molecule has 1 aromatic carbocycles. The maximum Gasteiger partial charge on any atom is 0.405 e. The number of nitrogens with one attached hydrogen (secondary N) is 2. The van der Waals surface area contributed by atoms with Crippen molar-refractivity contribution >= 4 is 22.9 Å².